The number of carbonyl (C=O) groups is 2. The Morgan fingerprint density at radius 3 is 2.36 bits per heavy atom. The molecule has 0 saturated carbocycles. The zero-order chi connectivity index (χ0) is 28.3. The van der Waals surface area contributed by atoms with Gasteiger partial charge in [-0.05, 0) is 35.4 Å². The molecular weight excluding hydrogens is 520 g/mol. The predicted molar refractivity (Wildman–Crippen MR) is 129 cm³/mol. The molecule has 0 bridgehead atoms. The lowest BCUT2D eigenvalue weighted by atomic mass is 9.82. The largest absolute Gasteiger partial charge is 0.508 e. The van der Waals surface area contributed by atoms with E-state index in [1.54, 1.807) is 12.1 Å². The van der Waals surface area contributed by atoms with Gasteiger partial charge < -0.3 is 54.3 Å². The number of fused-ring (bicyclic) bond motifs is 1. The number of aliphatic hydroxyl groups is 5. The molecule has 13 heteroatoms. The zero-order valence-corrected chi connectivity index (χ0v) is 20.8. The highest BCUT2D eigenvalue weighted by molar-refractivity contribution is 5.90. The topological polar surface area (TPSA) is 202 Å². The number of carbonyl (C=O) groups excluding carboxylic acids is 2. The molecule has 0 unspecified atom stereocenters. The first-order valence-electron chi connectivity index (χ1n) is 12.1. The molecule has 9 atom stereocenters. The van der Waals surface area contributed by atoms with E-state index in [0.717, 1.165) is 19.4 Å². The molecule has 39 heavy (non-hydrogen) atoms. The van der Waals surface area contributed by atoms with Gasteiger partial charge in [0.1, 0.15) is 36.3 Å². The molecule has 0 spiro atoms. The number of benzene rings is 1. The molecule has 2 aliphatic heterocycles. The van der Waals surface area contributed by atoms with Crippen molar-refractivity contribution in [1.82, 2.24) is 0 Å². The molecule has 6 N–H and O–H groups in total. The van der Waals surface area contributed by atoms with Gasteiger partial charge in [-0.3, -0.25) is 0 Å². The van der Waals surface area contributed by atoms with Crippen LogP contribution in [-0.4, -0.2) is 106 Å². The number of rotatable bonds is 8. The number of phenols is 1. The van der Waals surface area contributed by atoms with Crippen LogP contribution in [-0.2, 0) is 33.3 Å². The fourth-order valence-electron chi connectivity index (χ4n) is 4.80. The van der Waals surface area contributed by atoms with Crippen molar-refractivity contribution in [3.63, 3.8) is 0 Å². The van der Waals surface area contributed by atoms with Crippen LogP contribution in [0.25, 0.3) is 6.08 Å². The van der Waals surface area contributed by atoms with Crippen LogP contribution < -0.4 is 0 Å². The first kappa shape index (κ1) is 28.7. The highest BCUT2D eigenvalue weighted by Crippen LogP contribution is 2.45. The highest BCUT2D eigenvalue weighted by Gasteiger charge is 2.53. The number of aromatic hydroxyl groups is 1. The van der Waals surface area contributed by atoms with Crippen LogP contribution >= 0.6 is 0 Å². The summed E-state index contributed by atoms with van der Waals surface area (Å²) in [6.07, 6.45) is -5.04. The molecule has 0 aromatic heterocycles. The van der Waals surface area contributed by atoms with Gasteiger partial charge in [0, 0.05) is 12.0 Å². The molecular formula is C26H30O13. The molecule has 1 fully saturated rings. The van der Waals surface area contributed by atoms with Crippen LogP contribution in [0.1, 0.15) is 5.56 Å². The van der Waals surface area contributed by atoms with E-state index in [9.17, 15) is 40.2 Å². The number of hydrogen-bond donors (Lipinski definition) is 6. The average molecular weight is 551 g/mol. The van der Waals surface area contributed by atoms with Gasteiger partial charge in [-0.25, -0.2) is 9.59 Å². The quantitative estimate of drug-likeness (QED) is 0.127. The third kappa shape index (κ3) is 5.99. The zero-order valence-electron chi connectivity index (χ0n) is 20.8. The molecule has 13 nitrogen and oxygen atoms in total. The second-order valence-corrected chi connectivity index (χ2v) is 9.18. The van der Waals surface area contributed by atoms with E-state index in [1.165, 1.54) is 24.3 Å². The number of methoxy groups -OCH3 is 1. The minimum absolute atomic E-state index is 0.00355. The van der Waals surface area contributed by atoms with Crippen LogP contribution in [0, 0.1) is 11.8 Å². The third-order valence-corrected chi connectivity index (χ3v) is 6.81. The van der Waals surface area contributed by atoms with Crippen molar-refractivity contribution in [3.05, 3.63) is 59.4 Å². The lowest BCUT2D eigenvalue weighted by Gasteiger charge is -2.43. The van der Waals surface area contributed by atoms with Crippen molar-refractivity contribution in [2.75, 3.05) is 20.3 Å². The maximum atomic E-state index is 12.7. The number of esters is 2. The van der Waals surface area contributed by atoms with Crippen molar-refractivity contribution in [1.29, 1.82) is 0 Å². The van der Waals surface area contributed by atoms with Crippen LogP contribution in [0.15, 0.2) is 53.8 Å². The smallest absolute Gasteiger partial charge is 0.337 e. The first-order chi connectivity index (χ1) is 18.7. The van der Waals surface area contributed by atoms with Crippen molar-refractivity contribution >= 4 is 18.0 Å². The van der Waals surface area contributed by atoms with Crippen molar-refractivity contribution in [2.24, 2.45) is 11.8 Å². The normalized spacial score (nSPS) is 34.1. The first-order valence-corrected chi connectivity index (χ1v) is 12.1. The van der Waals surface area contributed by atoms with Crippen LogP contribution in [0.4, 0.5) is 0 Å². The molecule has 1 aliphatic carbocycles. The van der Waals surface area contributed by atoms with Crippen molar-refractivity contribution < 1.29 is 63.9 Å². The fourth-order valence-corrected chi connectivity index (χ4v) is 4.80. The highest BCUT2D eigenvalue weighted by atomic mass is 16.8. The van der Waals surface area contributed by atoms with E-state index < -0.39 is 80.1 Å². The Labute approximate surface area is 222 Å². The molecule has 1 aromatic carbocycles. The summed E-state index contributed by atoms with van der Waals surface area (Å²) < 4.78 is 27.2. The summed E-state index contributed by atoms with van der Waals surface area (Å²) in [6, 6.07) is 6.08. The monoisotopic (exact) mass is 550 g/mol. The van der Waals surface area contributed by atoms with E-state index in [4.69, 9.17) is 23.7 Å². The Morgan fingerprint density at radius 1 is 1.00 bits per heavy atom. The van der Waals surface area contributed by atoms with Gasteiger partial charge in [-0.2, -0.15) is 0 Å². The van der Waals surface area contributed by atoms with E-state index in [0.29, 0.717) is 11.1 Å². The van der Waals surface area contributed by atoms with Gasteiger partial charge in [0.15, 0.2) is 6.29 Å². The Bertz CT molecular complexity index is 1130. The molecule has 1 aromatic rings. The minimum Gasteiger partial charge on any atom is -0.508 e. The van der Waals surface area contributed by atoms with Crippen LogP contribution in [0.3, 0.4) is 0 Å². The number of aliphatic hydroxyl groups excluding tert-OH is 5. The minimum atomic E-state index is -1.72. The standard InChI is InChI=1S/C26H30O13/c1-35-24(34)15-11-36-25(39-26-23(33)22(32)21(31)17(10-28)38-26)19-13(9-27)8-16(20(15)19)37-18(30)7-4-12-2-5-14(29)6-3-12/h2-8,11,16-17,19-23,25-29,31-33H,9-10H2,1H3/b7-4-/t16-,17-,19+,20-,21-,22+,23-,25+,26+/m1/s1. The number of hydrogen-bond acceptors (Lipinski definition) is 13. The third-order valence-electron chi connectivity index (χ3n) is 6.81. The predicted octanol–water partition coefficient (Wildman–Crippen LogP) is -1.29. The summed E-state index contributed by atoms with van der Waals surface area (Å²) in [5.74, 6) is -3.31. The summed E-state index contributed by atoms with van der Waals surface area (Å²) in [7, 11) is 1.16. The molecule has 212 valence electrons. The van der Waals surface area contributed by atoms with E-state index >= 15 is 0 Å². The van der Waals surface area contributed by atoms with Crippen LogP contribution in [0.5, 0.6) is 5.75 Å². The van der Waals surface area contributed by atoms with Gasteiger partial charge in [0.05, 0.1) is 38.1 Å². The van der Waals surface area contributed by atoms with Crippen LogP contribution in [0.2, 0.25) is 0 Å². The van der Waals surface area contributed by atoms with Gasteiger partial charge in [0.2, 0.25) is 6.29 Å². The summed E-state index contributed by atoms with van der Waals surface area (Å²) >= 11 is 0. The van der Waals surface area contributed by atoms with E-state index in [2.05, 4.69) is 0 Å². The lowest BCUT2D eigenvalue weighted by Crippen LogP contribution is -2.60. The Balaban J connectivity index is 1.56. The lowest BCUT2D eigenvalue weighted by molar-refractivity contribution is -0.340. The maximum absolute atomic E-state index is 12.7. The second kappa shape index (κ2) is 12.3. The van der Waals surface area contributed by atoms with Crippen molar-refractivity contribution in [2.45, 2.75) is 43.1 Å². The molecule has 4 rings (SSSR count). The molecule has 3 aliphatic rings. The molecule has 2 heterocycles. The van der Waals surface area contributed by atoms with Gasteiger partial charge >= 0.3 is 11.9 Å². The van der Waals surface area contributed by atoms with Gasteiger partial charge in [-0.15, -0.1) is 0 Å². The molecule has 1 saturated heterocycles. The summed E-state index contributed by atoms with van der Waals surface area (Å²) in [4.78, 5) is 25.2. The summed E-state index contributed by atoms with van der Waals surface area (Å²) in [6.45, 7) is -1.20. The Kier molecular flexibility index (Phi) is 9.02. The molecule has 0 amide bonds. The number of ether oxygens (including phenoxy) is 5. The SMILES string of the molecule is COC(=O)C1=CO[C@@H](O[C@@H]2O[C@H](CO)[C@@H](O)[C@H](O)[C@H]2O)[C@H]2C(CO)=C[C@@H](OC(=O)/C=C\c3ccc(O)cc3)[C@@H]12. The number of phenolic OH excluding ortho intramolecular Hbond substituents is 1. The van der Waals surface area contributed by atoms with Gasteiger partial charge in [0.25, 0.3) is 0 Å². The van der Waals surface area contributed by atoms with Crippen molar-refractivity contribution in [3.8, 4) is 5.75 Å². The van der Waals surface area contributed by atoms with Gasteiger partial charge in [-0.1, -0.05) is 12.1 Å². The maximum Gasteiger partial charge on any atom is 0.337 e. The van der Waals surface area contributed by atoms with E-state index in [1.807, 2.05) is 0 Å². The second-order valence-electron chi connectivity index (χ2n) is 9.18. The Morgan fingerprint density at radius 2 is 1.72 bits per heavy atom. The summed E-state index contributed by atoms with van der Waals surface area (Å²) in [5, 5.41) is 59.5. The van der Waals surface area contributed by atoms with E-state index in [-0.39, 0.29) is 11.3 Å². The average Bonchev–Trinajstić information content (AvgIpc) is 3.31. The Hall–Kier alpha value is -3.30. The molecule has 0 radical (unpaired) electrons. The fraction of sp³-hybridized carbons (Fsp3) is 0.462. The summed E-state index contributed by atoms with van der Waals surface area (Å²) in [5.41, 5.74) is 0.912.